The van der Waals surface area contributed by atoms with Gasteiger partial charge in [0.15, 0.2) is 6.29 Å². The Hall–Kier alpha value is -1.06. The first-order valence-corrected chi connectivity index (χ1v) is 4.58. The van der Waals surface area contributed by atoms with Gasteiger partial charge in [-0.1, -0.05) is 18.2 Å². The van der Waals surface area contributed by atoms with Gasteiger partial charge in [-0.3, -0.25) is 0 Å². The van der Waals surface area contributed by atoms with E-state index in [1.165, 1.54) is 0 Å². The second-order valence-corrected chi connectivity index (χ2v) is 3.25. The molecular formula is C11H17NO2. The molecule has 0 saturated heterocycles. The molecule has 0 radical (unpaired) electrons. The molecule has 0 bridgehead atoms. The third-order valence-electron chi connectivity index (χ3n) is 2.33. The van der Waals surface area contributed by atoms with Crippen LogP contribution in [0, 0.1) is 6.92 Å². The molecule has 0 atom stereocenters. The maximum absolute atomic E-state index is 5.93. The molecule has 0 fully saturated rings. The predicted octanol–water partition coefficient (Wildman–Crippen LogP) is 1.74. The number of nitrogens with two attached hydrogens (primary N) is 1. The summed E-state index contributed by atoms with van der Waals surface area (Å²) in [5, 5.41) is 0. The number of nitrogen functional groups attached to an aromatic ring is 1. The number of ether oxygens (including phenoxy) is 2. The Labute approximate surface area is 84.8 Å². The highest BCUT2D eigenvalue weighted by molar-refractivity contribution is 5.53. The third-order valence-corrected chi connectivity index (χ3v) is 2.33. The van der Waals surface area contributed by atoms with Gasteiger partial charge in [0.1, 0.15) is 0 Å². The number of methoxy groups -OCH3 is 2. The number of para-hydroxylation sites is 1. The molecule has 3 nitrogen and oxygen atoms in total. The van der Waals surface area contributed by atoms with Gasteiger partial charge in [0, 0.05) is 26.3 Å². The first-order chi connectivity index (χ1) is 6.69. The Kier molecular flexibility index (Phi) is 3.92. The van der Waals surface area contributed by atoms with E-state index in [0.717, 1.165) is 16.8 Å². The zero-order valence-electron chi connectivity index (χ0n) is 8.91. The summed E-state index contributed by atoms with van der Waals surface area (Å²) >= 11 is 0. The molecule has 0 spiro atoms. The van der Waals surface area contributed by atoms with E-state index >= 15 is 0 Å². The average Bonchev–Trinajstić information content (AvgIpc) is 2.20. The summed E-state index contributed by atoms with van der Waals surface area (Å²) in [7, 11) is 3.25. The largest absolute Gasteiger partial charge is 0.398 e. The van der Waals surface area contributed by atoms with Crippen molar-refractivity contribution in [2.75, 3.05) is 20.0 Å². The van der Waals surface area contributed by atoms with E-state index in [9.17, 15) is 0 Å². The Balaban J connectivity index is 2.80. The minimum Gasteiger partial charge on any atom is -0.398 e. The van der Waals surface area contributed by atoms with Gasteiger partial charge in [0.25, 0.3) is 0 Å². The van der Waals surface area contributed by atoms with Gasteiger partial charge in [0.05, 0.1) is 0 Å². The van der Waals surface area contributed by atoms with Crippen molar-refractivity contribution in [2.45, 2.75) is 19.6 Å². The summed E-state index contributed by atoms with van der Waals surface area (Å²) in [4.78, 5) is 0. The Bertz CT molecular complexity index is 295. The van der Waals surface area contributed by atoms with Crippen molar-refractivity contribution < 1.29 is 9.47 Å². The van der Waals surface area contributed by atoms with Crippen LogP contribution in [0.5, 0.6) is 0 Å². The Morgan fingerprint density at radius 1 is 1.29 bits per heavy atom. The second kappa shape index (κ2) is 4.98. The van der Waals surface area contributed by atoms with Crippen molar-refractivity contribution in [3.05, 3.63) is 29.3 Å². The first kappa shape index (κ1) is 11.0. The van der Waals surface area contributed by atoms with E-state index < -0.39 is 0 Å². The van der Waals surface area contributed by atoms with E-state index in [2.05, 4.69) is 0 Å². The molecule has 0 heterocycles. The number of hydrogen-bond acceptors (Lipinski definition) is 3. The lowest BCUT2D eigenvalue weighted by Gasteiger charge is -2.15. The van der Waals surface area contributed by atoms with E-state index in [-0.39, 0.29) is 6.29 Å². The molecule has 0 aliphatic heterocycles. The highest BCUT2D eigenvalue weighted by atomic mass is 16.7. The molecule has 2 N–H and O–H groups in total. The van der Waals surface area contributed by atoms with Gasteiger partial charge >= 0.3 is 0 Å². The van der Waals surface area contributed by atoms with Gasteiger partial charge in [-0.2, -0.15) is 0 Å². The first-order valence-electron chi connectivity index (χ1n) is 4.58. The molecular weight excluding hydrogens is 178 g/mol. The molecule has 78 valence electrons. The quantitative estimate of drug-likeness (QED) is 0.588. The predicted molar refractivity (Wildman–Crippen MR) is 57.1 cm³/mol. The maximum atomic E-state index is 5.93. The van der Waals surface area contributed by atoms with Crippen LogP contribution >= 0.6 is 0 Å². The average molecular weight is 195 g/mol. The minimum atomic E-state index is -0.223. The summed E-state index contributed by atoms with van der Waals surface area (Å²) in [5.41, 5.74) is 8.91. The number of hydrogen-bond donors (Lipinski definition) is 1. The van der Waals surface area contributed by atoms with E-state index in [1.54, 1.807) is 14.2 Å². The fourth-order valence-corrected chi connectivity index (χ4v) is 1.36. The summed E-state index contributed by atoms with van der Waals surface area (Å²) in [6, 6.07) is 5.98. The normalized spacial score (nSPS) is 10.9. The van der Waals surface area contributed by atoms with E-state index in [4.69, 9.17) is 15.2 Å². The third kappa shape index (κ3) is 2.47. The lowest BCUT2D eigenvalue weighted by atomic mass is 10.1. The van der Waals surface area contributed by atoms with E-state index in [1.807, 2.05) is 25.1 Å². The SMILES string of the molecule is COC(Cc1cccc(C)c1N)OC. The van der Waals surface area contributed by atoms with Crippen LogP contribution in [-0.4, -0.2) is 20.5 Å². The molecule has 1 aromatic rings. The van der Waals surface area contributed by atoms with Gasteiger partial charge in [-0.05, 0) is 18.1 Å². The number of anilines is 1. The molecule has 0 amide bonds. The fraction of sp³-hybridized carbons (Fsp3) is 0.455. The van der Waals surface area contributed by atoms with Crippen molar-refractivity contribution >= 4 is 5.69 Å². The van der Waals surface area contributed by atoms with Crippen LogP contribution in [0.15, 0.2) is 18.2 Å². The van der Waals surface area contributed by atoms with Crippen molar-refractivity contribution in [3.63, 3.8) is 0 Å². The minimum absolute atomic E-state index is 0.223. The van der Waals surface area contributed by atoms with Crippen LogP contribution in [0.3, 0.4) is 0 Å². The second-order valence-electron chi connectivity index (χ2n) is 3.25. The number of aryl methyl sites for hydroxylation is 1. The van der Waals surface area contributed by atoms with Crippen LogP contribution in [-0.2, 0) is 15.9 Å². The fourth-order valence-electron chi connectivity index (χ4n) is 1.36. The molecule has 1 aromatic carbocycles. The van der Waals surface area contributed by atoms with Gasteiger partial charge in [0.2, 0.25) is 0 Å². The lowest BCUT2D eigenvalue weighted by Crippen LogP contribution is -2.17. The van der Waals surface area contributed by atoms with Gasteiger partial charge < -0.3 is 15.2 Å². The van der Waals surface area contributed by atoms with E-state index in [0.29, 0.717) is 6.42 Å². The van der Waals surface area contributed by atoms with Crippen molar-refractivity contribution in [3.8, 4) is 0 Å². The molecule has 14 heavy (non-hydrogen) atoms. The monoisotopic (exact) mass is 195 g/mol. The molecule has 3 heteroatoms. The topological polar surface area (TPSA) is 44.5 Å². The number of rotatable bonds is 4. The Morgan fingerprint density at radius 3 is 2.50 bits per heavy atom. The van der Waals surface area contributed by atoms with Crippen LogP contribution in [0.2, 0.25) is 0 Å². The highest BCUT2D eigenvalue weighted by Crippen LogP contribution is 2.18. The Morgan fingerprint density at radius 2 is 1.93 bits per heavy atom. The molecule has 1 rings (SSSR count). The molecule has 0 saturated carbocycles. The summed E-state index contributed by atoms with van der Waals surface area (Å²) in [5.74, 6) is 0. The summed E-state index contributed by atoms with van der Waals surface area (Å²) in [6.07, 6.45) is 0.458. The maximum Gasteiger partial charge on any atom is 0.160 e. The van der Waals surface area contributed by atoms with Gasteiger partial charge in [-0.25, -0.2) is 0 Å². The number of benzene rings is 1. The molecule has 0 aliphatic rings. The molecule has 0 aliphatic carbocycles. The molecule has 0 aromatic heterocycles. The lowest BCUT2D eigenvalue weighted by molar-refractivity contribution is -0.100. The smallest absolute Gasteiger partial charge is 0.160 e. The van der Waals surface area contributed by atoms with Crippen molar-refractivity contribution in [1.82, 2.24) is 0 Å². The summed E-state index contributed by atoms with van der Waals surface area (Å²) in [6.45, 7) is 1.99. The van der Waals surface area contributed by atoms with Crippen molar-refractivity contribution in [1.29, 1.82) is 0 Å². The molecule has 0 unspecified atom stereocenters. The van der Waals surface area contributed by atoms with Crippen LogP contribution in [0.25, 0.3) is 0 Å². The van der Waals surface area contributed by atoms with Crippen molar-refractivity contribution in [2.24, 2.45) is 0 Å². The standard InChI is InChI=1S/C11H17NO2/c1-8-5-4-6-9(11(8)12)7-10(13-2)14-3/h4-6,10H,7,12H2,1-3H3. The van der Waals surface area contributed by atoms with Gasteiger partial charge in [-0.15, -0.1) is 0 Å². The van der Waals surface area contributed by atoms with Crippen LogP contribution < -0.4 is 5.73 Å². The zero-order valence-corrected chi connectivity index (χ0v) is 8.91. The zero-order chi connectivity index (χ0) is 10.6. The highest BCUT2D eigenvalue weighted by Gasteiger charge is 2.09. The van der Waals surface area contributed by atoms with Crippen LogP contribution in [0.1, 0.15) is 11.1 Å². The summed E-state index contributed by atoms with van der Waals surface area (Å²) < 4.78 is 10.2. The van der Waals surface area contributed by atoms with Crippen LogP contribution in [0.4, 0.5) is 5.69 Å².